The van der Waals surface area contributed by atoms with Crippen molar-refractivity contribution in [1.82, 2.24) is 10.2 Å². The first-order chi connectivity index (χ1) is 12.7. The molecule has 1 saturated carbocycles. The van der Waals surface area contributed by atoms with Crippen LogP contribution in [-0.4, -0.2) is 51.7 Å². The number of hydrogen-bond donors (Lipinski definition) is 3. The molecule has 0 radical (unpaired) electrons. The quantitative estimate of drug-likeness (QED) is 0.730. The van der Waals surface area contributed by atoms with E-state index in [1.807, 2.05) is 12.1 Å². The Labute approximate surface area is 164 Å². The number of hydrogen-bond acceptors (Lipinski definition) is 4. The topological polar surface area (TPSA) is 89.9 Å². The zero-order chi connectivity index (χ0) is 19.8. The van der Waals surface area contributed by atoms with Crippen molar-refractivity contribution in [2.24, 2.45) is 5.92 Å². The Bertz CT molecular complexity index is 702. The third kappa shape index (κ3) is 3.98. The van der Waals surface area contributed by atoms with Gasteiger partial charge >= 0.3 is 5.97 Å². The second-order valence-corrected chi connectivity index (χ2v) is 8.45. The molecule has 0 unspecified atom stereocenters. The highest BCUT2D eigenvalue weighted by atomic mass is 35.5. The summed E-state index contributed by atoms with van der Waals surface area (Å²) in [6.07, 6.45) is 2.82. The Balaban J connectivity index is 1.84. The first kappa shape index (κ1) is 20.1. The molecule has 1 amide bonds. The molecule has 6 nitrogen and oxygen atoms in total. The molecule has 1 heterocycles. The van der Waals surface area contributed by atoms with Crippen LogP contribution in [0.4, 0.5) is 0 Å². The van der Waals surface area contributed by atoms with Gasteiger partial charge in [0, 0.05) is 17.1 Å². The lowest BCUT2D eigenvalue weighted by Crippen LogP contribution is -2.46. The zero-order valence-corrected chi connectivity index (χ0v) is 16.4. The summed E-state index contributed by atoms with van der Waals surface area (Å²) in [4.78, 5) is 26.8. The highest BCUT2D eigenvalue weighted by Crippen LogP contribution is 2.46. The molecule has 2 aliphatic rings. The fraction of sp³-hybridized carbons (Fsp3) is 0.600. The molecule has 0 aromatic heterocycles. The number of halogens is 1. The summed E-state index contributed by atoms with van der Waals surface area (Å²) in [5.74, 6) is -1.52. The van der Waals surface area contributed by atoms with E-state index in [-0.39, 0.29) is 30.5 Å². The number of aliphatic hydroxyl groups is 1. The van der Waals surface area contributed by atoms with Gasteiger partial charge in [-0.15, -0.1) is 0 Å². The van der Waals surface area contributed by atoms with Crippen molar-refractivity contribution >= 4 is 23.5 Å². The molecule has 3 atom stereocenters. The number of aliphatic hydroxyl groups excluding tert-OH is 1. The van der Waals surface area contributed by atoms with E-state index >= 15 is 0 Å². The maximum absolute atomic E-state index is 13.1. The summed E-state index contributed by atoms with van der Waals surface area (Å²) in [5, 5.41) is 23.1. The summed E-state index contributed by atoms with van der Waals surface area (Å²) in [7, 11) is 1.76. The van der Waals surface area contributed by atoms with Crippen LogP contribution in [0, 0.1) is 5.92 Å². The van der Waals surface area contributed by atoms with E-state index in [9.17, 15) is 19.8 Å². The van der Waals surface area contributed by atoms with Crippen LogP contribution in [0.2, 0.25) is 5.02 Å². The van der Waals surface area contributed by atoms with E-state index in [0.29, 0.717) is 17.9 Å². The first-order valence-corrected chi connectivity index (χ1v) is 9.80. The van der Waals surface area contributed by atoms with Crippen molar-refractivity contribution in [3.8, 4) is 0 Å². The van der Waals surface area contributed by atoms with Crippen molar-refractivity contribution in [3.63, 3.8) is 0 Å². The third-order valence-corrected chi connectivity index (χ3v) is 6.50. The standard InChI is InChI=1S/C20H27ClN2O4/c1-20(19(26)27)11-16(18(25)22-14-7-9-15(24)10-8-14)17(23(20)2)12-3-5-13(21)6-4-12/h3-6,14-17,24H,7-11H2,1-2H3,(H,22,25)(H,26,27)/t14?,15?,16-,17-,20-/m1/s1. The maximum Gasteiger partial charge on any atom is 0.323 e. The van der Waals surface area contributed by atoms with Crippen LogP contribution in [0.1, 0.15) is 50.6 Å². The van der Waals surface area contributed by atoms with Crippen molar-refractivity contribution < 1.29 is 19.8 Å². The van der Waals surface area contributed by atoms with Gasteiger partial charge in [-0.3, -0.25) is 14.5 Å². The van der Waals surface area contributed by atoms with Crippen LogP contribution in [-0.2, 0) is 9.59 Å². The van der Waals surface area contributed by atoms with Gasteiger partial charge in [0.25, 0.3) is 0 Å². The highest BCUT2D eigenvalue weighted by Gasteiger charge is 2.54. The summed E-state index contributed by atoms with van der Waals surface area (Å²) >= 11 is 5.99. The number of carboxylic acid groups (broad SMARTS) is 1. The fourth-order valence-electron chi connectivity index (χ4n) is 4.38. The minimum atomic E-state index is -1.12. The minimum absolute atomic E-state index is 0.0359. The third-order valence-electron chi connectivity index (χ3n) is 6.25. The second-order valence-electron chi connectivity index (χ2n) is 8.01. The normalized spacial score (nSPS) is 34.4. The summed E-state index contributed by atoms with van der Waals surface area (Å²) in [6, 6.07) is 6.94. The predicted octanol–water partition coefficient (Wildman–Crippen LogP) is 2.60. The molecule has 3 N–H and O–H groups in total. The largest absolute Gasteiger partial charge is 0.480 e. The predicted molar refractivity (Wildman–Crippen MR) is 103 cm³/mol. The van der Waals surface area contributed by atoms with E-state index in [2.05, 4.69) is 5.32 Å². The smallest absolute Gasteiger partial charge is 0.323 e. The van der Waals surface area contributed by atoms with E-state index < -0.39 is 17.4 Å². The van der Waals surface area contributed by atoms with Crippen molar-refractivity contribution in [3.05, 3.63) is 34.9 Å². The van der Waals surface area contributed by atoms with E-state index in [0.717, 1.165) is 18.4 Å². The molecule has 1 aliphatic heterocycles. The van der Waals surface area contributed by atoms with E-state index in [4.69, 9.17) is 11.6 Å². The van der Waals surface area contributed by atoms with Gasteiger partial charge in [0.2, 0.25) is 5.91 Å². The van der Waals surface area contributed by atoms with Crippen LogP contribution < -0.4 is 5.32 Å². The Morgan fingerprint density at radius 3 is 2.33 bits per heavy atom. The molecule has 2 fully saturated rings. The molecule has 1 aliphatic carbocycles. The van der Waals surface area contributed by atoms with Crippen molar-refractivity contribution in [2.75, 3.05) is 7.05 Å². The average molecular weight is 395 g/mol. The number of benzene rings is 1. The van der Waals surface area contributed by atoms with Crippen LogP contribution in [0.3, 0.4) is 0 Å². The Kier molecular flexibility index (Phi) is 5.79. The van der Waals surface area contributed by atoms with Crippen LogP contribution in [0.15, 0.2) is 24.3 Å². The lowest BCUT2D eigenvalue weighted by molar-refractivity contribution is -0.148. The number of amides is 1. The second kappa shape index (κ2) is 7.78. The monoisotopic (exact) mass is 394 g/mol. The van der Waals surface area contributed by atoms with Gasteiger partial charge in [-0.2, -0.15) is 0 Å². The van der Waals surface area contributed by atoms with Crippen LogP contribution in [0.5, 0.6) is 0 Å². The van der Waals surface area contributed by atoms with Gasteiger partial charge in [-0.25, -0.2) is 0 Å². The molecule has 1 saturated heterocycles. The van der Waals surface area contributed by atoms with Gasteiger partial charge in [0.05, 0.1) is 12.0 Å². The van der Waals surface area contributed by atoms with Crippen molar-refractivity contribution in [2.45, 2.75) is 62.8 Å². The summed E-state index contributed by atoms with van der Waals surface area (Å²) < 4.78 is 0. The number of carbonyl (C=O) groups is 2. The number of carboxylic acids is 1. The number of likely N-dealkylation sites (N-methyl/N-ethyl adjacent to an activating group) is 1. The molecule has 0 spiro atoms. The minimum Gasteiger partial charge on any atom is -0.480 e. The van der Waals surface area contributed by atoms with E-state index in [1.165, 1.54) is 0 Å². The number of rotatable bonds is 4. The highest BCUT2D eigenvalue weighted by molar-refractivity contribution is 6.30. The van der Waals surface area contributed by atoms with Crippen LogP contribution >= 0.6 is 11.6 Å². The van der Waals surface area contributed by atoms with Gasteiger partial charge in [-0.05, 0) is 63.8 Å². The first-order valence-electron chi connectivity index (χ1n) is 9.42. The Morgan fingerprint density at radius 1 is 1.19 bits per heavy atom. The molecule has 0 bridgehead atoms. The van der Waals surface area contributed by atoms with Crippen molar-refractivity contribution in [1.29, 1.82) is 0 Å². The van der Waals surface area contributed by atoms with Gasteiger partial charge in [0.15, 0.2) is 0 Å². The molecule has 148 valence electrons. The molecular weight excluding hydrogens is 368 g/mol. The van der Waals surface area contributed by atoms with E-state index in [1.54, 1.807) is 31.0 Å². The molecule has 1 aromatic carbocycles. The Morgan fingerprint density at radius 2 is 1.78 bits per heavy atom. The summed E-state index contributed by atoms with van der Waals surface area (Å²) in [5.41, 5.74) is -0.235. The lowest BCUT2D eigenvalue weighted by Gasteiger charge is -2.32. The molecule has 27 heavy (non-hydrogen) atoms. The molecule has 7 heteroatoms. The lowest BCUT2D eigenvalue weighted by atomic mass is 9.88. The molecule has 3 rings (SSSR count). The SMILES string of the molecule is CN1[C@H](c2ccc(Cl)cc2)[C@H](C(=O)NC2CCC(O)CC2)C[C@]1(C)C(=O)O. The number of nitrogens with zero attached hydrogens (tertiary/aromatic N) is 1. The zero-order valence-electron chi connectivity index (χ0n) is 15.7. The number of likely N-dealkylation sites (tertiary alicyclic amines) is 1. The maximum atomic E-state index is 13.1. The number of nitrogens with one attached hydrogen (secondary N) is 1. The summed E-state index contributed by atoms with van der Waals surface area (Å²) in [6.45, 7) is 1.67. The Hall–Kier alpha value is -1.63. The molecule has 1 aromatic rings. The fourth-order valence-corrected chi connectivity index (χ4v) is 4.51. The van der Waals surface area contributed by atoms with Crippen LogP contribution in [0.25, 0.3) is 0 Å². The molecular formula is C20H27ClN2O4. The van der Waals surface area contributed by atoms with Gasteiger partial charge < -0.3 is 15.5 Å². The average Bonchev–Trinajstić information content (AvgIpc) is 2.91. The number of carbonyl (C=O) groups excluding carboxylic acids is 1. The number of aliphatic carboxylic acids is 1. The van der Waals surface area contributed by atoms with Gasteiger partial charge in [0.1, 0.15) is 5.54 Å². The van der Waals surface area contributed by atoms with Gasteiger partial charge in [-0.1, -0.05) is 23.7 Å².